The summed E-state index contributed by atoms with van der Waals surface area (Å²) in [6.45, 7) is 4.97. The molecule has 2 amide bonds. The molecule has 1 saturated heterocycles. The number of β-amino-alcohol motifs (C(OH)–C–C–N with tert-alkyl or cyclic N) is 1. The van der Waals surface area contributed by atoms with Crippen LogP contribution in [-0.2, 0) is 16.1 Å². The summed E-state index contributed by atoms with van der Waals surface area (Å²) < 4.78 is 5.15. The second-order valence-electron chi connectivity index (χ2n) is 6.60. The number of hydrogen-bond acceptors (Lipinski definition) is 6. The Balaban J connectivity index is 0.00000338. The largest absolute Gasteiger partial charge is 0.445 e. The Morgan fingerprint density at radius 1 is 1.37 bits per heavy atom. The van der Waals surface area contributed by atoms with E-state index in [1.54, 1.807) is 24.5 Å². The maximum absolute atomic E-state index is 12.5. The molecule has 0 aromatic carbocycles. The molecule has 1 fully saturated rings. The molecule has 4 N–H and O–H groups in total. The Hall–Kier alpha value is -1.61. The van der Waals surface area contributed by atoms with Crippen molar-refractivity contribution in [3.63, 3.8) is 0 Å². The van der Waals surface area contributed by atoms with Gasteiger partial charge in [0.1, 0.15) is 12.6 Å². The summed E-state index contributed by atoms with van der Waals surface area (Å²) in [5.41, 5.74) is 0.766. The predicted octanol–water partition coefficient (Wildman–Crippen LogP) is 1.01. The molecule has 154 valence electrons. The average Bonchev–Trinajstić information content (AvgIpc) is 2.98. The number of carbonyl (C=O) groups is 2. The van der Waals surface area contributed by atoms with Gasteiger partial charge < -0.3 is 25.8 Å². The lowest BCUT2D eigenvalue weighted by Crippen LogP contribution is -2.52. The Kier molecular flexibility index (Phi) is 12.0. The molecule has 0 bridgehead atoms. The fourth-order valence-corrected chi connectivity index (χ4v) is 2.61. The third-order valence-electron chi connectivity index (χ3n) is 3.92. The van der Waals surface area contributed by atoms with Gasteiger partial charge in [0.25, 0.3) is 0 Å². The fourth-order valence-electron chi connectivity index (χ4n) is 2.61. The number of aliphatic hydroxyl groups excluding tert-OH is 1. The van der Waals surface area contributed by atoms with E-state index in [2.05, 4.69) is 20.9 Å². The second kappa shape index (κ2) is 12.7. The predicted molar refractivity (Wildman–Crippen MR) is 106 cm³/mol. The van der Waals surface area contributed by atoms with E-state index in [1.807, 2.05) is 13.8 Å². The lowest BCUT2D eigenvalue weighted by atomic mass is 10.0. The van der Waals surface area contributed by atoms with Gasteiger partial charge in [0.15, 0.2) is 0 Å². The number of ether oxygens (including phenoxy) is 1. The number of aliphatic hydroxyl groups is 1. The normalized spacial score (nSPS) is 19.4. The van der Waals surface area contributed by atoms with E-state index >= 15 is 0 Å². The van der Waals surface area contributed by atoms with Gasteiger partial charge in [-0.15, -0.1) is 24.8 Å². The van der Waals surface area contributed by atoms with Gasteiger partial charge in [0.05, 0.1) is 12.1 Å². The van der Waals surface area contributed by atoms with Crippen molar-refractivity contribution in [1.29, 1.82) is 0 Å². The third-order valence-corrected chi connectivity index (χ3v) is 3.92. The van der Waals surface area contributed by atoms with Crippen molar-refractivity contribution in [1.82, 2.24) is 20.9 Å². The summed E-state index contributed by atoms with van der Waals surface area (Å²) >= 11 is 0. The maximum Gasteiger partial charge on any atom is 0.408 e. The van der Waals surface area contributed by atoms with Crippen LogP contribution in [0.3, 0.4) is 0 Å². The number of aromatic nitrogens is 1. The number of amides is 2. The monoisotopic (exact) mass is 422 g/mol. The van der Waals surface area contributed by atoms with Gasteiger partial charge in [-0.2, -0.15) is 0 Å². The number of halogens is 2. The van der Waals surface area contributed by atoms with Crippen LogP contribution in [0, 0.1) is 5.92 Å². The molecule has 1 aromatic rings. The molecule has 10 heteroatoms. The Labute approximate surface area is 171 Å². The van der Waals surface area contributed by atoms with Crippen LogP contribution in [0.2, 0.25) is 0 Å². The quantitative estimate of drug-likeness (QED) is 0.521. The summed E-state index contributed by atoms with van der Waals surface area (Å²) in [6.07, 6.45) is 2.44. The van der Waals surface area contributed by atoms with Crippen molar-refractivity contribution < 1.29 is 19.4 Å². The highest BCUT2D eigenvalue weighted by Crippen LogP contribution is 2.08. The van der Waals surface area contributed by atoms with E-state index in [-0.39, 0.29) is 49.3 Å². The zero-order chi connectivity index (χ0) is 18.2. The third kappa shape index (κ3) is 8.75. The van der Waals surface area contributed by atoms with Crippen LogP contribution in [-0.4, -0.2) is 53.4 Å². The molecule has 2 rings (SSSR count). The van der Waals surface area contributed by atoms with Gasteiger partial charge in [-0.05, 0) is 18.4 Å². The van der Waals surface area contributed by atoms with Crippen molar-refractivity contribution in [2.45, 2.75) is 45.1 Å². The molecule has 1 aliphatic rings. The minimum atomic E-state index is -0.714. The highest BCUT2D eigenvalue weighted by molar-refractivity contribution is 5.86. The van der Waals surface area contributed by atoms with E-state index in [1.165, 1.54) is 0 Å². The molecule has 0 aliphatic carbocycles. The average molecular weight is 423 g/mol. The van der Waals surface area contributed by atoms with E-state index in [0.29, 0.717) is 19.5 Å². The summed E-state index contributed by atoms with van der Waals surface area (Å²) in [6, 6.07) is 2.49. The Morgan fingerprint density at radius 2 is 2.11 bits per heavy atom. The van der Waals surface area contributed by atoms with E-state index < -0.39 is 18.2 Å². The first-order valence-electron chi connectivity index (χ1n) is 8.47. The van der Waals surface area contributed by atoms with Crippen molar-refractivity contribution in [2.24, 2.45) is 5.92 Å². The minimum Gasteiger partial charge on any atom is -0.445 e. The van der Waals surface area contributed by atoms with Crippen molar-refractivity contribution in [3.8, 4) is 0 Å². The smallest absolute Gasteiger partial charge is 0.408 e. The number of hydrogen-bond donors (Lipinski definition) is 4. The van der Waals surface area contributed by atoms with Crippen LogP contribution >= 0.6 is 24.8 Å². The summed E-state index contributed by atoms with van der Waals surface area (Å²) in [7, 11) is 0. The van der Waals surface area contributed by atoms with Crippen molar-refractivity contribution >= 4 is 36.8 Å². The Morgan fingerprint density at radius 3 is 2.67 bits per heavy atom. The number of carbonyl (C=O) groups excluding carboxylic acids is 2. The number of nitrogens with zero attached hydrogens (tertiary/aromatic N) is 1. The SMILES string of the molecule is CC(C)C[C@H](NC(=O)OCc1cccnc1)C(=O)NC1CNCC1O.Cl.Cl. The lowest BCUT2D eigenvalue weighted by molar-refractivity contribution is -0.124. The number of alkyl carbamates (subject to hydrolysis) is 1. The zero-order valence-corrected chi connectivity index (χ0v) is 17.0. The molecule has 3 atom stereocenters. The second-order valence-corrected chi connectivity index (χ2v) is 6.60. The molecule has 0 radical (unpaired) electrons. The zero-order valence-electron chi connectivity index (χ0n) is 15.4. The summed E-state index contributed by atoms with van der Waals surface area (Å²) in [5.74, 6) is -0.110. The van der Waals surface area contributed by atoms with Crippen LogP contribution in [0.25, 0.3) is 0 Å². The lowest BCUT2D eigenvalue weighted by Gasteiger charge is -2.23. The Bertz CT molecular complexity index is 577. The molecule has 27 heavy (non-hydrogen) atoms. The molecule has 1 aliphatic heterocycles. The molecule has 2 unspecified atom stereocenters. The fraction of sp³-hybridized carbons (Fsp3) is 0.588. The minimum absolute atomic E-state index is 0. The van der Waals surface area contributed by atoms with Crippen LogP contribution in [0.5, 0.6) is 0 Å². The first kappa shape index (κ1) is 25.4. The van der Waals surface area contributed by atoms with Crippen molar-refractivity contribution in [3.05, 3.63) is 30.1 Å². The molecule has 0 spiro atoms. The van der Waals surface area contributed by atoms with E-state index in [0.717, 1.165) is 5.56 Å². The topological polar surface area (TPSA) is 113 Å². The van der Waals surface area contributed by atoms with Gasteiger partial charge in [0, 0.05) is 31.0 Å². The highest BCUT2D eigenvalue weighted by Gasteiger charge is 2.30. The highest BCUT2D eigenvalue weighted by atomic mass is 35.5. The van der Waals surface area contributed by atoms with Gasteiger partial charge in [0.2, 0.25) is 5.91 Å². The standard InChI is InChI=1S/C17H26N4O4.2ClH/c1-11(2)6-13(16(23)20-14-8-19-9-15(14)22)21-17(24)25-10-12-4-3-5-18-7-12;;/h3-5,7,11,13-15,19,22H,6,8-10H2,1-2H3,(H,20,23)(H,21,24);2*1H/t13-,14?,15?;;/m0../s1. The van der Waals surface area contributed by atoms with Gasteiger partial charge >= 0.3 is 6.09 Å². The number of nitrogens with one attached hydrogen (secondary N) is 3. The van der Waals surface area contributed by atoms with Gasteiger partial charge in [-0.1, -0.05) is 19.9 Å². The molecular weight excluding hydrogens is 395 g/mol. The van der Waals surface area contributed by atoms with Crippen LogP contribution < -0.4 is 16.0 Å². The molecule has 1 aromatic heterocycles. The van der Waals surface area contributed by atoms with Gasteiger partial charge in [-0.25, -0.2) is 4.79 Å². The van der Waals surface area contributed by atoms with Crippen LogP contribution in [0.1, 0.15) is 25.8 Å². The van der Waals surface area contributed by atoms with E-state index in [4.69, 9.17) is 4.74 Å². The summed E-state index contributed by atoms with van der Waals surface area (Å²) in [5, 5.41) is 18.2. The molecule has 2 heterocycles. The number of pyridine rings is 1. The summed E-state index contributed by atoms with van der Waals surface area (Å²) in [4.78, 5) is 28.4. The van der Waals surface area contributed by atoms with Crippen LogP contribution in [0.15, 0.2) is 24.5 Å². The van der Waals surface area contributed by atoms with E-state index in [9.17, 15) is 14.7 Å². The molecule has 0 saturated carbocycles. The maximum atomic E-state index is 12.5. The molecular formula is C17H28Cl2N4O4. The first-order valence-corrected chi connectivity index (χ1v) is 8.47. The van der Waals surface area contributed by atoms with Gasteiger partial charge in [-0.3, -0.25) is 9.78 Å². The molecule has 8 nitrogen and oxygen atoms in total. The number of rotatable bonds is 7. The van der Waals surface area contributed by atoms with Crippen LogP contribution in [0.4, 0.5) is 4.79 Å². The van der Waals surface area contributed by atoms with Crippen molar-refractivity contribution in [2.75, 3.05) is 13.1 Å². The first-order chi connectivity index (χ1) is 12.0.